The Labute approximate surface area is 235 Å². The van der Waals surface area contributed by atoms with Crippen LogP contribution < -0.4 is 19.8 Å². The number of hydrogen-bond acceptors (Lipinski definition) is 7. The average Bonchev–Trinajstić information content (AvgIpc) is 2.94. The van der Waals surface area contributed by atoms with Crippen molar-refractivity contribution in [2.75, 3.05) is 40.0 Å². The van der Waals surface area contributed by atoms with E-state index in [-0.39, 0.29) is 17.7 Å². The first-order chi connectivity index (χ1) is 19.2. The summed E-state index contributed by atoms with van der Waals surface area (Å²) in [5.41, 5.74) is 1.19. The third kappa shape index (κ3) is 6.36. The Bertz CT molecular complexity index is 1400. The molecule has 2 aromatic carbocycles. The van der Waals surface area contributed by atoms with Crippen LogP contribution in [0.1, 0.15) is 39.2 Å². The summed E-state index contributed by atoms with van der Waals surface area (Å²) in [5, 5.41) is 0.926. The number of ether oxygens (including phenoxy) is 4. The summed E-state index contributed by atoms with van der Waals surface area (Å²) >= 11 is 0. The molecule has 0 saturated carbocycles. The zero-order valence-corrected chi connectivity index (χ0v) is 23.9. The van der Waals surface area contributed by atoms with Crippen molar-refractivity contribution in [2.45, 2.75) is 58.3 Å². The minimum atomic E-state index is -0.586. The number of carbonyl (C=O) groups excluding carboxylic acids is 1. The van der Waals surface area contributed by atoms with Crippen LogP contribution in [0.3, 0.4) is 0 Å². The van der Waals surface area contributed by atoms with E-state index in [2.05, 4.69) is 4.90 Å². The van der Waals surface area contributed by atoms with Crippen molar-refractivity contribution in [3.63, 3.8) is 0 Å². The summed E-state index contributed by atoms with van der Waals surface area (Å²) in [4.78, 5) is 30.4. The van der Waals surface area contributed by atoms with E-state index in [0.29, 0.717) is 37.8 Å². The topological polar surface area (TPSA) is 82.5 Å². The molecule has 0 spiro atoms. The van der Waals surface area contributed by atoms with Crippen LogP contribution in [-0.4, -0.2) is 72.1 Å². The molecule has 0 bridgehead atoms. The predicted molar refractivity (Wildman–Crippen MR) is 153 cm³/mol. The van der Waals surface area contributed by atoms with Gasteiger partial charge in [0.1, 0.15) is 24.6 Å². The van der Waals surface area contributed by atoms with Crippen LogP contribution in [0.15, 0.2) is 53.3 Å². The number of amides is 1. The molecular formula is C31H39N3O6. The number of nitrogens with zero attached hydrogens (tertiary/aromatic N) is 3. The van der Waals surface area contributed by atoms with Crippen LogP contribution in [0.5, 0.6) is 17.2 Å². The highest BCUT2D eigenvalue weighted by Crippen LogP contribution is 2.32. The van der Waals surface area contributed by atoms with Gasteiger partial charge < -0.3 is 33.3 Å². The van der Waals surface area contributed by atoms with Gasteiger partial charge in [0.05, 0.1) is 12.6 Å². The quantitative estimate of drug-likeness (QED) is 0.423. The molecule has 0 N–H and O–H groups in total. The first-order valence-electron chi connectivity index (χ1n) is 14.0. The highest BCUT2D eigenvalue weighted by Gasteiger charge is 2.31. The highest BCUT2D eigenvalue weighted by molar-refractivity contribution is 5.85. The minimum absolute atomic E-state index is 0.0452. The smallest absolute Gasteiger partial charge is 0.410 e. The van der Waals surface area contributed by atoms with E-state index in [1.54, 1.807) is 13.2 Å². The number of hydrogen-bond donors (Lipinski definition) is 0. The van der Waals surface area contributed by atoms with Gasteiger partial charge in [-0.15, -0.1) is 0 Å². The van der Waals surface area contributed by atoms with E-state index in [9.17, 15) is 9.59 Å². The fraction of sp³-hybridized carbons (Fsp3) is 0.484. The fourth-order valence-corrected chi connectivity index (χ4v) is 5.45. The Balaban J connectivity index is 1.26. The lowest BCUT2D eigenvalue weighted by atomic mass is 10.0. The van der Waals surface area contributed by atoms with E-state index in [1.807, 2.05) is 72.7 Å². The zero-order valence-electron chi connectivity index (χ0n) is 23.9. The lowest BCUT2D eigenvalue weighted by molar-refractivity contribution is 0.00562. The van der Waals surface area contributed by atoms with Gasteiger partial charge in [0, 0.05) is 50.2 Å². The first kappa shape index (κ1) is 27.8. The molecule has 1 fully saturated rings. The molecule has 0 atom stereocenters. The largest absolute Gasteiger partial charge is 0.496 e. The van der Waals surface area contributed by atoms with E-state index in [0.717, 1.165) is 54.7 Å². The zero-order chi connectivity index (χ0) is 28.3. The third-order valence-electron chi connectivity index (χ3n) is 7.43. The number of para-hydroxylation sites is 1. The Morgan fingerprint density at radius 1 is 1.00 bits per heavy atom. The molecule has 3 heterocycles. The molecule has 1 amide bonds. The minimum Gasteiger partial charge on any atom is -0.496 e. The Morgan fingerprint density at radius 2 is 1.73 bits per heavy atom. The van der Waals surface area contributed by atoms with Gasteiger partial charge in [0.15, 0.2) is 11.5 Å². The van der Waals surface area contributed by atoms with Crippen molar-refractivity contribution < 1.29 is 23.7 Å². The number of benzene rings is 2. The first-order valence-corrected chi connectivity index (χ1v) is 14.0. The van der Waals surface area contributed by atoms with Crippen LogP contribution in [-0.2, 0) is 17.8 Å². The SMILES string of the molecule is COc1cc(=O)n(CCN2CCC(N(Cc3ccc4c(c3)OCCO4)C(=O)OC(C)(C)C)CC2)c2ccccc12. The molecule has 9 nitrogen and oxygen atoms in total. The van der Waals surface area contributed by atoms with Crippen molar-refractivity contribution in [2.24, 2.45) is 0 Å². The molecule has 214 valence electrons. The van der Waals surface area contributed by atoms with Gasteiger partial charge in [-0.2, -0.15) is 0 Å². The van der Waals surface area contributed by atoms with E-state index >= 15 is 0 Å². The van der Waals surface area contributed by atoms with Crippen LogP contribution in [0.2, 0.25) is 0 Å². The molecule has 0 radical (unpaired) electrons. The molecule has 0 aliphatic carbocycles. The second-order valence-corrected chi connectivity index (χ2v) is 11.4. The molecule has 3 aromatic rings. The number of rotatable bonds is 7. The average molecular weight is 550 g/mol. The van der Waals surface area contributed by atoms with Gasteiger partial charge >= 0.3 is 6.09 Å². The highest BCUT2D eigenvalue weighted by atomic mass is 16.6. The molecule has 2 aliphatic rings. The van der Waals surface area contributed by atoms with Crippen LogP contribution >= 0.6 is 0 Å². The number of pyridine rings is 1. The summed E-state index contributed by atoms with van der Waals surface area (Å²) < 4.78 is 24.5. The summed E-state index contributed by atoms with van der Waals surface area (Å²) in [6.07, 6.45) is 1.33. The lowest BCUT2D eigenvalue weighted by Gasteiger charge is -2.39. The molecular weight excluding hydrogens is 510 g/mol. The van der Waals surface area contributed by atoms with Crippen LogP contribution in [0.25, 0.3) is 10.9 Å². The second kappa shape index (κ2) is 11.8. The van der Waals surface area contributed by atoms with Gasteiger partial charge in [0.2, 0.25) is 0 Å². The number of likely N-dealkylation sites (tertiary alicyclic amines) is 1. The lowest BCUT2D eigenvalue weighted by Crippen LogP contribution is -2.49. The maximum atomic E-state index is 13.3. The maximum Gasteiger partial charge on any atom is 0.410 e. The van der Waals surface area contributed by atoms with Gasteiger partial charge in [-0.05, 0) is 63.4 Å². The number of piperidine rings is 1. The third-order valence-corrected chi connectivity index (χ3v) is 7.43. The van der Waals surface area contributed by atoms with Crippen molar-refractivity contribution in [3.05, 3.63) is 64.4 Å². The van der Waals surface area contributed by atoms with E-state index in [1.165, 1.54) is 0 Å². The maximum absolute atomic E-state index is 13.3. The second-order valence-electron chi connectivity index (χ2n) is 11.4. The van der Waals surface area contributed by atoms with Crippen molar-refractivity contribution >= 4 is 17.0 Å². The molecule has 2 aliphatic heterocycles. The molecule has 1 aromatic heterocycles. The number of carbonyl (C=O) groups is 1. The molecule has 0 unspecified atom stereocenters. The molecule has 5 rings (SSSR count). The van der Waals surface area contributed by atoms with E-state index < -0.39 is 5.60 Å². The summed E-state index contributed by atoms with van der Waals surface area (Å²) in [6, 6.07) is 15.3. The predicted octanol–water partition coefficient (Wildman–Crippen LogP) is 4.68. The summed E-state index contributed by atoms with van der Waals surface area (Å²) in [7, 11) is 1.59. The van der Waals surface area contributed by atoms with Gasteiger partial charge in [0.25, 0.3) is 5.56 Å². The number of aromatic nitrogens is 1. The molecule has 9 heteroatoms. The standard InChI is InChI=1S/C31H39N3O6/c1-31(2,3)40-30(36)34(21-22-9-10-26-28(19-22)39-18-17-38-26)23-11-13-32(14-12-23)15-16-33-25-8-6-5-7-24(25)27(37-4)20-29(33)35/h5-10,19-20,23H,11-18,21H2,1-4H3. The van der Waals surface area contributed by atoms with Crippen molar-refractivity contribution in [1.29, 1.82) is 0 Å². The normalized spacial score (nSPS) is 16.1. The van der Waals surface area contributed by atoms with Crippen LogP contribution in [0.4, 0.5) is 4.79 Å². The van der Waals surface area contributed by atoms with E-state index in [4.69, 9.17) is 18.9 Å². The number of fused-ring (bicyclic) bond motifs is 2. The Morgan fingerprint density at radius 3 is 2.45 bits per heavy atom. The monoisotopic (exact) mass is 549 g/mol. The number of methoxy groups -OCH3 is 1. The molecule has 1 saturated heterocycles. The Hall–Kier alpha value is -3.72. The van der Waals surface area contributed by atoms with Gasteiger partial charge in [-0.25, -0.2) is 4.79 Å². The fourth-order valence-electron chi connectivity index (χ4n) is 5.45. The summed E-state index contributed by atoms with van der Waals surface area (Å²) in [6.45, 7) is 10.1. The van der Waals surface area contributed by atoms with Crippen LogP contribution in [0, 0.1) is 0 Å². The Kier molecular flexibility index (Phi) is 8.21. The van der Waals surface area contributed by atoms with Gasteiger partial charge in [-0.1, -0.05) is 18.2 Å². The summed E-state index contributed by atoms with van der Waals surface area (Å²) in [5.74, 6) is 2.04. The van der Waals surface area contributed by atoms with Gasteiger partial charge in [-0.3, -0.25) is 4.79 Å². The van der Waals surface area contributed by atoms with Crippen molar-refractivity contribution in [3.8, 4) is 17.2 Å². The van der Waals surface area contributed by atoms with Crippen molar-refractivity contribution in [1.82, 2.24) is 14.4 Å². The molecule has 40 heavy (non-hydrogen) atoms.